The second kappa shape index (κ2) is 3.31. The largest absolute Gasteiger partial charge is 0.478 e. The molecule has 0 amide bonds. The fourth-order valence-electron chi connectivity index (χ4n) is 0.807. The standard InChI is InChI=1S/C6H5FN2O4S/c7-3-1-4(6(10)11)5(9-2-3)14(8,12)13/h1-2H,(H,10,11)(H2,8,12,13). The van der Waals surface area contributed by atoms with Crippen LogP contribution in [0.5, 0.6) is 0 Å². The van der Waals surface area contributed by atoms with E-state index in [1.165, 1.54) is 0 Å². The van der Waals surface area contributed by atoms with Crippen LogP contribution < -0.4 is 5.14 Å². The first kappa shape index (κ1) is 10.5. The number of rotatable bonds is 2. The normalized spacial score (nSPS) is 11.3. The summed E-state index contributed by atoms with van der Waals surface area (Å²) in [6.45, 7) is 0. The van der Waals surface area contributed by atoms with E-state index in [1.807, 2.05) is 0 Å². The van der Waals surface area contributed by atoms with E-state index < -0.39 is 32.4 Å². The molecule has 0 saturated heterocycles. The van der Waals surface area contributed by atoms with E-state index in [0.29, 0.717) is 12.3 Å². The first-order chi connectivity index (χ1) is 6.32. The molecule has 1 aromatic heterocycles. The molecule has 0 aromatic carbocycles. The zero-order chi connectivity index (χ0) is 10.9. The zero-order valence-electron chi connectivity index (χ0n) is 6.64. The summed E-state index contributed by atoms with van der Waals surface area (Å²) in [6.07, 6.45) is 0.576. The maximum absolute atomic E-state index is 12.5. The Balaban J connectivity index is 3.53. The van der Waals surface area contributed by atoms with Gasteiger partial charge in [0, 0.05) is 0 Å². The van der Waals surface area contributed by atoms with Crippen molar-refractivity contribution in [2.24, 2.45) is 5.14 Å². The summed E-state index contributed by atoms with van der Waals surface area (Å²) in [5.41, 5.74) is -0.785. The minimum Gasteiger partial charge on any atom is -0.478 e. The first-order valence-electron chi connectivity index (χ1n) is 3.24. The number of carbonyl (C=O) groups is 1. The van der Waals surface area contributed by atoms with Gasteiger partial charge in [-0.1, -0.05) is 0 Å². The lowest BCUT2D eigenvalue weighted by atomic mass is 10.3. The zero-order valence-corrected chi connectivity index (χ0v) is 7.45. The van der Waals surface area contributed by atoms with Gasteiger partial charge in [0.05, 0.1) is 6.20 Å². The van der Waals surface area contributed by atoms with Gasteiger partial charge in [0.2, 0.25) is 0 Å². The van der Waals surface area contributed by atoms with Crippen molar-refractivity contribution in [2.75, 3.05) is 0 Å². The Hall–Kier alpha value is -1.54. The van der Waals surface area contributed by atoms with Crippen molar-refractivity contribution in [3.8, 4) is 0 Å². The molecule has 1 heterocycles. The third-order valence-electron chi connectivity index (χ3n) is 1.32. The smallest absolute Gasteiger partial charge is 0.338 e. The molecule has 0 fully saturated rings. The van der Waals surface area contributed by atoms with Crippen molar-refractivity contribution >= 4 is 16.0 Å². The number of aromatic nitrogens is 1. The van der Waals surface area contributed by atoms with Crippen LogP contribution in [-0.4, -0.2) is 24.5 Å². The predicted molar refractivity (Wildman–Crippen MR) is 42.5 cm³/mol. The van der Waals surface area contributed by atoms with Gasteiger partial charge >= 0.3 is 5.97 Å². The van der Waals surface area contributed by atoms with Gasteiger partial charge in [-0.15, -0.1) is 0 Å². The summed E-state index contributed by atoms with van der Waals surface area (Å²) in [4.78, 5) is 13.6. The van der Waals surface area contributed by atoms with E-state index in [-0.39, 0.29) is 0 Å². The van der Waals surface area contributed by atoms with Crippen molar-refractivity contribution in [3.05, 3.63) is 23.6 Å². The van der Waals surface area contributed by atoms with E-state index in [0.717, 1.165) is 0 Å². The number of hydrogen-bond donors (Lipinski definition) is 2. The number of aromatic carboxylic acids is 1. The number of sulfonamides is 1. The molecule has 0 unspecified atom stereocenters. The topological polar surface area (TPSA) is 110 Å². The first-order valence-corrected chi connectivity index (χ1v) is 4.78. The average Bonchev–Trinajstić information content (AvgIpc) is 2.01. The lowest BCUT2D eigenvalue weighted by molar-refractivity contribution is 0.0691. The molecule has 76 valence electrons. The number of halogens is 1. The van der Waals surface area contributed by atoms with E-state index in [9.17, 15) is 17.6 Å². The molecular weight excluding hydrogens is 215 g/mol. The predicted octanol–water partition coefficient (Wildman–Crippen LogP) is -0.434. The molecule has 0 radical (unpaired) electrons. The van der Waals surface area contributed by atoms with E-state index in [4.69, 9.17) is 5.11 Å². The lowest BCUT2D eigenvalue weighted by Gasteiger charge is -2.01. The number of primary sulfonamides is 1. The summed E-state index contributed by atoms with van der Waals surface area (Å²) >= 11 is 0. The van der Waals surface area contributed by atoms with Crippen LogP contribution >= 0.6 is 0 Å². The van der Waals surface area contributed by atoms with Crippen molar-refractivity contribution in [3.63, 3.8) is 0 Å². The molecule has 14 heavy (non-hydrogen) atoms. The van der Waals surface area contributed by atoms with Crippen LogP contribution in [0.1, 0.15) is 10.4 Å². The highest BCUT2D eigenvalue weighted by molar-refractivity contribution is 7.89. The van der Waals surface area contributed by atoms with Crippen LogP contribution in [0, 0.1) is 5.82 Å². The Morgan fingerprint density at radius 1 is 1.57 bits per heavy atom. The van der Waals surface area contributed by atoms with Crippen LogP contribution in [0.3, 0.4) is 0 Å². The molecule has 0 spiro atoms. The van der Waals surface area contributed by atoms with Gasteiger partial charge in [-0.2, -0.15) is 0 Å². The van der Waals surface area contributed by atoms with Crippen LogP contribution in [0.4, 0.5) is 4.39 Å². The van der Waals surface area contributed by atoms with E-state index in [2.05, 4.69) is 10.1 Å². The van der Waals surface area contributed by atoms with Crippen molar-refractivity contribution in [1.82, 2.24) is 4.98 Å². The fraction of sp³-hybridized carbons (Fsp3) is 0. The molecule has 3 N–H and O–H groups in total. The highest BCUT2D eigenvalue weighted by Crippen LogP contribution is 2.12. The summed E-state index contributed by atoms with van der Waals surface area (Å²) in [6, 6.07) is 0.537. The minimum absolute atomic E-state index is 0.537. The number of hydrogen-bond acceptors (Lipinski definition) is 4. The van der Waals surface area contributed by atoms with Crippen LogP contribution in [0.2, 0.25) is 0 Å². The van der Waals surface area contributed by atoms with E-state index in [1.54, 1.807) is 0 Å². The molecule has 1 aromatic rings. The second-order valence-electron chi connectivity index (χ2n) is 2.36. The molecular formula is C6H5FN2O4S. The van der Waals surface area contributed by atoms with Crippen molar-refractivity contribution < 1.29 is 22.7 Å². The van der Waals surface area contributed by atoms with Gasteiger partial charge in [-0.3, -0.25) is 0 Å². The molecule has 0 bridgehead atoms. The lowest BCUT2D eigenvalue weighted by Crippen LogP contribution is -2.18. The van der Waals surface area contributed by atoms with Crippen LogP contribution in [0.15, 0.2) is 17.3 Å². The molecule has 0 saturated carbocycles. The number of carboxylic acids is 1. The second-order valence-corrected chi connectivity index (χ2v) is 3.83. The Kier molecular flexibility index (Phi) is 2.49. The van der Waals surface area contributed by atoms with Crippen molar-refractivity contribution in [1.29, 1.82) is 0 Å². The quantitative estimate of drug-likeness (QED) is 0.702. The Morgan fingerprint density at radius 3 is 2.57 bits per heavy atom. The summed E-state index contributed by atoms with van der Waals surface area (Å²) in [5.74, 6) is -2.56. The van der Waals surface area contributed by atoms with Gasteiger partial charge in [0.15, 0.2) is 5.03 Å². The monoisotopic (exact) mass is 220 g/mol. The molecule has 0 aliphatic rings. The minimum atomic E-state index is -4.25. The molecule has 0 aliphatic carbocycles. The van der Waals surface area contributed by atoms with Gasteiger partial charge in [0.25, 0.3) is 10.0 Å². The number of nitrogens with two attached hydrogens (primary N) is 1. The fourth-order valence-corrected chi connectivity index (χ4v) is 1.46. The highest BCUT2D eigenvalue weighted by atomic mass is 32.2. The maximum atomic E-state index is 12.5. The van der Waals surface area contributed by atoms with Gasteiger partial charge in [0.1, 0.15) is 11.4 Å². The summed E-state index contributed by atoms with van der Waals surface area (Å²) in [7, 11) is -4.25. The number of pyridine rings is 1. The third kappa shape index (κ3) is 2.03. The Morgan fingerprint density at radius 2 is 2.14 bits per heavy atom. The SMILES string of the molecule is NS(=O)(=O)c1ncc(F)cc1C(=O)O. The van der Waals surface area contributed by atoms with Gasteiger partial charge in [-0.25, -0.2) is 27.7 Å². The number of nitrogens with zero attached hydrogens (tertiary/aromatic N) is 1. The third-order valence-corrected chi connectivity index (χ3v) is 2.18. The molecule has 8 heteroatoms. The molecule has 0 atom stereocenters. The van der Waals surface area contributed by atoms with Crippen molar-refractivity contribution in [2.45, 2.75) is 5.03 Å². The summed E-state index contributed by atoms with van der Waals surface area (Å²) in [5, 5.41) is 12.3. The van der Waals surface area contributed by atoms with Gasteiger partial charge in [-0.05, 0) is 6.07 Å². The molecule has 6 nitrogen and oxygen atoms in total. The Bertz CT molecular complexity index is 485. The summed E-state index contributed by atoms with van der Waals surface area (Å²) < 4.78 is 34.1. The van der Waals surface area contributed by atoms with Crippen LogP contribution in [0.25, 0.3) is 0 Å². The van der Waals surface area contributed by atoms with Crippen LogP contribution in [-0.2, 0) is 10.0 Å². The van der Waals surface area contributed by atoms with Gasteiger partial charge < -0.3 is 5.11 Å². The Labute approximate surface area is 78.2 Å². The van der Waals surface area contributed by atoms with E-state index >= 15 is 0 Å². The highest BCUT2D eigenvalue weighted by Gasteiger charge is 2.21. The maximum Gasteiger partial charge on any atom is 0.338 e. The molecule has 0 aliphatic heterocycles. The molecule has 1 rings (SSSR count). The average molecular weight is 220 g/mol. The number of carboxylic acid groups (broad SMARTS) is 1.